The van der Waals surface area contributed by atoms with Crippen molar-refractivity contribution in [3.63, 3.8) is 0 Å². The number of nitrogens with zero attached hydrogens (tertiary/aromatic N) is 2. The van der Waals surface area contributed by atoms with Crippen LogP contribution in [0.25, 0.3) is 10.8 Å². The van der Waals surface area contributed by atoms with Crippen LogP contribution in [0.2, 0.25) is 15.5 Å². The van der Waals surface area contributed by atoms with Crippen molar-refractivity contribution >= 4 is 67.2 Å². The highest BCUT2D eigenvalue weighted by atomic mass is 35.5. The van der Waals surface area contributed by atoms with Gasteiger partial charge in [0.1, 0.15) is 10.8 Å². The van der Waals surface area contributed by atoms with Crippen molar-refractivity contribution in [3.05, 3.63) is 45.8 Å². The van der Waals surface area contributed by atoms with Crippen LogP contribution in [0.15, 0.2) is 35.2 Å². The minimum absolute atomic E-state index is 0.0312. The maximum atomic E-state index is 11.3. The van der Waals surface area contributed by atoms with Crippen molar-refractivity contribution in [2.45, 2.75) is 4.90 Å². The minimum atomic E-state index is -4.46. The molecule has 1 heterocycles. The van der Waals surface area contributed by atoms with E-state index < -0.39 is 15.0 Å². The number of hydrogen-bond acceptors (Lipinski definition) is 6. The van der Waals surface area contributed by atoms with E-state index in [1.54, 1.807) is 12.1 Å². The van der Waals surface area contributed by atoms with Gasteiger partial charge in [-0.15, -0.1) is 0 Å². The first kappa shape index (κ1) is 18.0. The van der Waals surface area contributed by atoms with Gasteiger partial charge in [0.15, 0.2) is 11.0 Å². The van der Waals surface area contributed by atoms with Crippen LogP contribution in [-0.4, -0.2) is 28.0 Å². The number of nitrogens with one attached hydrogen (secondary N) is 1. The highest BCUT2D eigenvalue weighted by Crippen LogP contribution is 2.34. The first-order chi connectivity index (χ1) is 11.6. The molecule has 0 aliphatic rings. The molecular formula is C14H8Cl3N3O4S. The number of hydrogen-bond donors (Lipinski definition) is 3. The zero-order valence-corrected chi connectivity index (χ0v) is 15.1. The Morgan fingerprint density at radius 2 is 1.76 bits per heavy atom. The van der Waals surface area contributed by atoms with Crippen LogP contribution in [0.4, 0.5) is 11.5 Å². The third-order valence-corrected chi connectivity index (χ3v) is 4.98. The van der Waals surface area contributed by atoms with E-state index in [0.29, 0.717) is 16.5 Å². The van der Waals surface area contributed by atoms with E-state index in [1.807, 2.05) is 0 Å². The van der Waals surface area contributed by atoms with Crippen molar-refractivity contribution in [1.29, 1.82) is 0 Å². The number of aromatic nitrogens is 2. The number of benzene rings is 2. The monoisotopic (exact) mass is 419 g/mol. The Morgan fingerprint density at radius 3 is 2.44 bits per heavy atom. The summed E-state index contributed by atoms with van der Waals surface area (Å²) in [7, 11) is -4.46. The summed E-state index contributed by atoms with van der Waals surface area (Å²) in [6, 6.07) is 6.88. The van der Waals surface area contributed by atoms with Gasteiger partial charge in [0.05, 0.1) is 4.90 Å². The second-order valence-electron chi connectivity index (χ2n) is 4.92. The summed E-state index contributed by atoms with van der Waals surface area (Å²) >= 11 is 17.6. The normalized spacial score (nSPS) is 11.7. The van der Waals surface area contributed by atoms with Crippen molar-refractivity contribution in [2.75, 3.05) is 5.32 Å². The molecule has 11 heteroatoms. The van der Waals surface area contributed by atoms with Crippen LogP contribution < -0.4 is 5.32 Å². The van der Waals surface area contributed by atoms with Crippen molar-refractivity contribution in [1.82, 2.24) is 9.97 Å². The Hall–Kier alpha value is -1.84. The molecular weight excluding hydrogens is 413 g/mol. The fourth-order valence-corrected chi connectivity index (χ4v) is 3.21. The molecule has 0 radical (unpaired) electrons. The molecule has 3 rings (SSSR count). The predicted molar refractivity (Wildman–Crippen MR) is 95.8 cm³/mol. The Bertz CT molecular complexity index is 1110. The quantitative estimate of drug-likeness (QED) is 0.329. The van der Waals surface area contributed by atoms with E-state index in [1.165, 1.54) is 12.1 Å². The largest absolute Gasteiger partial charge is 0.507 e. The summed E-state index contributed by atoms with van der Waals surface area (Å²) < 4.78 is 31.7. The van der Waals surface area contributed by atoms with Crippen LogP contribution >= 0.6 is 34.8 Å². The molecule has 0 saturated carbocycles. The van der Waals surface area contributed by atoms with E-state index in [4.69, 9.17) is 39.4 Å². The van der Waals surface area contributed by atoms with Crippen LogP contribution in [0.1, 0.15) is 0 Å². The molecule has 0 unspecified atom stereocenters. The molecule has 0 atom stereocenters. The molecule has 2 aromatic carbocycles. The lowest BCUT2D eigenvalue weighted by Gasteiger charge is -2.10. The molecule has 3 N–H and O–H groups in total. The summed E-state index contributed by atoms with van der Waals surface area (Å²) in [4.78, 5) is 7.19. The maximum Gasteiger partial charge on any atom is 0.294 e. The fourth-order valence-electron chi connectivity index (χ4n) is 2.16. The number of aromatic hydroxyl groups is 1. The van der Waals surface area contributed by atoms with Crippen molar-refractivity contribution < 1.29 is 18.1 Å². The van der Waals surface area contributed by atoms with Crippen LogP contribution in [-0.2, 0) is 10.1 Å². The second-order valence-corrected chi connectivity index (χ2v) is 7.42. The molecule has 0 spiro atoms. The summed E-state index contributed by atoms with van der Waals surface area (Å²) in [6.45, 7) is 0. The summed E-state index contributed by atoms with van der Waals surface area (Å²) in [5.74, 6) is -0.135. The van der Waals surface area contributed by atoms with Gasteiger partial charge in [-0.05, 0) is 41.3 Å². The Kier molecular flexibility index (Phi) is 4.65. The predicted octanol–water partition coefficient (Wildman–Crippen LogP) is 4.29. The average molecular weight is 421 g/mol. The maximum absolute atomic E-state index is 11.3. The van der Waals surface area contributed by atoms with Crippen molar-refractivity contribution in [2.24, 2.45) is 0 Å². The molecule has 7 nitrogen and oxygen atoms in total. The first-order valence-corrected chi connectivity index (χ1v) is 9.12. The fraction of sp³-hybridized carbons (Fsp3) is 0. The zero-order valence-electron chi connectivity index (χ0n) is 12.0. The zero-order chi connectivity index (χ0) is 18.4. The van der Waals surface area contributed by atoms with Gasteiger partial charge in [-0.3, -0.25) is 4.55 Å². The van der Waals surface area contributed by atoms with Crippen molar-refractivity contribution in [3.8, 4) is 5.75 Å². The van der Waals surface area contributed by atoms with E-state index >= 15 is 0 Å². The van der Waals surface area contributed by atoms with Gasteiger partial charge in [-0.1, -0.05) is 23.2 Å². The Balaban J connectivity index is 2.10. The number of phenols is 1. The van der Waals surface area contributed by atoms with Gasteiger partial charge >= 0.3 is 0 Å². The SMILES string of the molecule is O=S(=O)(O)c1cc(O)c2ccc(Nc3nc(Cl)nc(Cl)c3Cl)cc2c1. The van der Waals surface area contributed by atoms with Gasteiger partial charge in [0.25, 0.3) is 10.1 Å². The summed E-state index contributed by atoms with van der Waals surface area (Å²) in [5, 5.41) is 13.5. The standard InChI is InChI=1S/C14H8Cl3N3O4S/c15-11-12(16)19-14(17)20-13(11)18-7-1-2-9-6(3-7)4-8(5-10(9)21)25(22,23)24/h1-5,21H,(H,18,19,20)(H,22,23,24). The van der Waals surface area contributed by atoms with Gasteiger partial charge < -0.3 is 10.4 Å². The lowest BCUT2D eigenvalue weighted by molar-refractivity contribution is 0.471. The molecule has 1 aromatic heterocycles. The van der Waals surface area contributed by atoms with Gasteiger partial charge in [-0.25, -0.2) is 4.98 Å². The molecule has 3 aromatic rings. The molecule has 0 aliphatic carbocycles. The third-order valence-electron chi connectivity index (χ3n) is 3.25. The van der Waals surface area contributed by atoms with Crippen LogP contribution in [0.3, 0.4) is 0 Å². The smallest absolute Gasteiger partial charge is 0.294 e. The average Bonchev–Trinajstić information content (AvgIpc) is 2.51. The molecule has 0 fully saturated rings. The van der Waals surface area contributed by atoms with Gasteiger partial charge in [-0.2, -0.15) is 13.4 Å². The molecule has 130 valence electrons. The van der Waals surface area contributed by atoms with Crippen LogP contribution in [0.5, 0.6) is 5.75 Å². The second kappa shape index (κ2) is 6.47. The van der Waals surface area contributed by atoms with Gasteiger partial charge in [0.2, 0.25) is 5.28 Å². The van der Waals surface area contributed by atoms with Crippen LogP contribution in [0, 0.1) is 0 Å². The lowest BCUT2D eigenvalue weighted by Crippen LogP contribution is -1.99. The highest BCUT2D eigenvalue weighted by molar-refractivity contribution is 7.85. The number of rotatable bonds is 3. The van der Waals surface area contributed by atoms with E-state index in [-0.39, 0.29) is 27.0 Å². The molecule has 0 bridgehead atoms. The first-order valence-electron chi connectivity index (χ1n) is 6.55. The topological polar surface area (TPSA) is 112 Å². The number of phenolic OH excluding ortho intramolecular Hbond substituents is 1. The lowest BCUT2D eigenvalue weighted by atomic mass is 10.1. The number of fused-ring (bicyclic) bond motifs is 1. The molecule has 0 saturated heterocycles. The highest BCUT2D eigenvalue weighted by Gasteiger charge is 2.15. The number of halogens is 3. The van der Waals surface area contributed by atoms with E-state index in [9.17, 15) is 13.5 Å². The molecule has 25 heavy (non-hydrogen) atoms. The van der Waals surface area contributed by atoms with E-state index in [2.05, 4.69) is 15.3 Å². The minimum Gasteiger partial charge on any atom is -0.507 e. The third kappa shape index (κ3) is 3.73. The number of anilines is 2. The summed E-state index contributed by atoms with van der Waals surface area (Å²) in [6.07, 6.45) is 0. The Labute approximate surface area is 156 Å². The van der Waals surface area contributed by atoms with E-state index in [0.717, 1.165) is 6.07 Å². The molecule has 0 amide bonds. The Morgan fingerprint density at radius 1 is 1.04 bits per heavy atom. The van der Waals surface area contributed by atoms with Gasteiger partial charge in [0, 0.05) is 17.1 Å². The molecule has 0 aliphatic heterocycles. The summed E-state index contributed by atoms with van der Waals surface area (Å²) in [5.41, 5.74) is 0.465.